The van der Waals surface area contributed by atoms with Gasteiger partial charge in [0.25, 0.3) is 0 Å². The summed E-state index contributed by atoms with van der Waals surface area (Å²) in [7, 11) is 0. The molecule has 0 saturated carbocycles. The molecule has 2 saturated heterocycles. The summed E-state index contributed by atoms with van der Waals surface area (Å²) in [4.78, 5) is 5.64. The van der Waals surface area contributed by atoms with Crippen molar-refractivity contribution in [3.05, 3.63) is 64.6 Å². The zero-order chi connectivity index (χ0) is 20.4. The lowest BCUT2D eigenvalue weighted by molar-refractivity contribution is 0.407. The highest BCUT2D eigenvalue weighted by Gasteiger charge is 2.23. The third kappa shape index (κ3) is 4.75. The van der Waals surface area contributed by atoms with Crippen LogP contribution in [0.25, 0.3) is 6.08 Å². The Balaban J connectivity index is 1.58. The van der Waals surface area contributed by atoms with Gasteiger partial charge in [0.05, 0.1) is 5.69 Å². The van der Waals surface area contributed by atoms with Crippen molar-refractivity contribution in [2.45, 2.75) is 25.9 Å². The SMILES string of the molecule is CC1CN(c2ccccc2C=C2CN(c3ccc(F)cc3F)CCS2)CC(C)N1. The number of anilines is 2. The van der Waals surface area contributed by atoms with E-state index in [1.807, 2.05) is 16.7 Å². The minimum atomic E-state index is -0.540. The zero-order valence-electron chi connectivity index (χ0n) is 16.9. The van der Waals surface area contributed by atoms with Gasteiger partial charge in [0.1, 0.15) is 11.6 Å². The smallest absolute Gasteiger partial charge is 0.149 e. The number of benzene rings is 2. The van der Waals surface area contributed by atoms with Gasteiger partial charge in [0, 0.05) is 60.7 Å². The molecule has 154 valence electrons. The van der Waals surface area contributed by atoms with E-state index in [1.54, 1.807) is 0 Å². The number of piperazine rings is 1. The largest absolute Gasteiger partial charge is 0.368 e. The van der Waals surface area contributed by atoms with Crippen LogP contribution in [0.2, 0.25) is 0 Å². The second-order valence-corrected chi connectivity index (χ2v) is 9.13. The van der Waals surface area contributed by atoms with E-state index in [1.165, 1.54) is 28.3 Å². The molecular weight excluding hydrogens is 388 g/mol. The lowest BCUT2D eigenvalue weighted by Gasteiger charge is -2.38. The zero-order valence-corrected chi connectivity index (χ0v) is 17.7. The van der Waals surface area contributed by atoms with E-state index in [4.69, 9.17) is 0 Å². The number of nitrogens with one attached hydrogen (secondary N) is 1. The van der Waals surface area contributed by atoms with E-state index < -0.39 is 11.6 Å². The average Bonchev–Trinajstić information content (AvgIpc) is 2.68. The summed E-state index contributed by atoms with van der Waals surface area (Å²) in [5, 5.41) is 3.58. The van der Waals surface area contributed by atoms with Crippen molar-refractivity contribution in [1.29, 1.82) is 0 Å². The molecule has 3 nitrogen and oxygen atoms in total. The van der Waals surface area contributed by atoms with E-state index in [2.05, 4.69) is 54.4 Å². The Morgan fingerprint density at radius 3 is 2.52 bits per heavy atom. The topological polar surface area (TPSA) is 18.5 Å². The first-order valence-electron chi connectivity index (χ1n) is 10.1. The standard InChI is InChI=1S/C23H27F2N3S/c1-16-13-28(14-17(2)26-16)22-6-4-3-5-18(22)11-20-15-27(9-10-29-20)23-8-7-19(24)12-21(23)25/h3-8,11-12,16-17,26H,9-10,13-15H2,1-2H3. The number of hydrogen-bond donors (Lipinski definition) is 1. The fourth-order valence-corrected chi connectivity index (χ4v) is 5.26. The normalized spacial score (nSPS) is 24.2. The average molecular weight is 416 g/mol. The van der Waals surface area contributed by atoms with E-state index in [0.717, 1.165) is 31.5 Å². The summed E-state index contributed by atoms with van der Waals surface area (Å²) < 4.78 is 27.5. The van der Waals surface area contributed by atoms with Crippen LogP contribution in [0.4, 0.5) is 20.2 Å². The van der Waals surface area contributed by atoms with Gasteiger partial charge in [0.15, 0.2) is 0 Å². The number of rotatable bonds is 3. The van der Waals surface area contributed by atoms with Gasteiger partial charge in [-0.1, -0.05) is 18.2 Å². The quantitative estimate of drug-likeness (QED) is 0.780. The minimum Gasteiger partial charge on any atom is -0.368 e. The molecule has 2 unspecified atom stereocenters. The number of nitrogens with zero attached hydrogens (tertiary/aromatic N) is 2. The van der Waals surface area contributed by atoms with Crippen LogP contribution in [-0.2, 0) is 0 Å². The Kier molecular flexibility index (Phi) is 6.11. The van der Waals surface area contributed by atoms with Gasteiger partial charge in [-0.25, -0.2) is 8.78 Å². The number of thioether (sulfide) groups is 1. The molecule has 2 heterocycles. The molecule has 0 aliphatic carbocycles. The van der Waals surface area contributed by atoms with Gasteiger partial charge in [-0.05, 0) is 43.7 Å². The fraction of sp³-hybridized carbons (Fsp3) is 0.391. The van der Waals surface area contributed by atoms with Crippen molar-refractivity contribution in [2.75, 3.05) is 41.7 Å². The molecule has 2 aromatic carbocycles. The van der Waals surface area contributed by atoms with Crippen molar-refractivity contribution in [3.63, 3.8) is 0 Å². The van der Waals surface area contributed by atoms with Crippen molar-refractivity contribution >= 4 is 29.2 Å². The van der Waals surface area contributed by atoms with Crippen molar-refractivity contribution in [1.82, 2.24) is 5.32 Å². The molecule has 29 heavy (non-hydrogen) atoms. The maximum Gasteiger partial charge on any atom is 0.149 e. The van der Waals surface area contributed by atoms with Crippen LogP contribution >= 0.6 is 11.8 Å². The maximum absolute atomic E-state index is 14.2. The Hall–Kier alpha value is -2.05. The van der Waals surface area contributed by atoms with Crippen molar-refractivity contribution in [2.24, 2.45) is 0 Å². The monoisotopic (exact) mass is 415 g/mol. The van der Waals surface area contributed by atoms with Crippen LogP contribution < -0.4 is 15.1 Å². The molecule has 6 heteroatoms. The summed E-state index contributed by atoms with van der Waals surface area (Å²) in [5.41, 5.74) is 2.90. The molecule has 1 N–H and O–H groups in total. The highest BCUT2D eigenvalue weighted by atomic mass is 32.2. The third-order valence-electron chi connectivity index (χ3n) is 5.40. The molecule has 0 aromatic heterocycles. The Labute approximate surface area is 175 Å². The highest BCUT2D eigenvalue weighted by molar-refractivity contribution is 8.03. The highest BCUT2D eigenvalue weighted by Crippen LogP contribution is 2.32. The summed E-state index contributed by atoms with van der Waals surface area (Å²) in [6, 6.07) is 13.2. The van der Waals surface area contributed by atoms with Crippen molar-refractivity contribution < 1.29 is 8.78 Å². The van der Waals surface area contributed by atoms with Crippen LogP contribution in [0.15, 0.2) is 47.4 Å². The molecule has 2 fully saturated rings. The molecule has 0 amide bonds. The van der Waals surface area contributed by atoms with Gasteiger partial charge < -0.3 is 15.1 Å². The predicted molar refractivity (Wildman–Crippen MR) is 120 cm³/mol. The van der Waals surface area contributed by atoms with E-state index >= 15 is 0 Å². The van der Waals surface area contributed by atoms with Gasteiger partial charge in [-0.2, -0.15) is 0 Å². The third-order valence-corrected chi connectivity index (χ3v) is 6.40. The second-order valence-electron chi connectivity index (χ2n) is 7.91. The van der Waals surface area contributed by atoms with E-state index in [0.29, 0.717) is 24.3 Å². The summed E-state index contributed by atoms with van der Waals surface area (Å²) in [6.45, 7) is 7.77. The van der Waals surface area contributed by atoms with E-state index in [-0.39, 0.29) is 0 Å². The molecule has 2 aromatic rings. The second kappa shape index (κ2) is 8.76. The van der Waals surface area contributed by atoms with Crippen molar-refractivity contribution in [3.8, 4) is 0 Å². The molecule has 0 radical (unpaired) electrons. The Morgan fingerprint density at radius 2 is 1.76 bits per heavy atom. The minimum absolute atomic E-state index is 0.445. The van der Waals surface area contributed by atoms with Crippen LogP contribution in [-0.4, -0.2) is 44.0 Å². The van der Waals surface area contributed by atoms with Gasteiger partial charge in [0.2, 0.25) is 0 Å². The summed E-state index contributed by atoms with van der Waals surface area (Å²) >= 11 is 1.81. The van der Waals surface area contributed by atoms with E-state index in [9.17, 15) is 8.78 Å². The van der Waals surface area contributed by atoms with Crippen LogP contribution in [0.1, 0.15) is 19.4 Å². The van der Waals surface area contributed by atoms with Gasteiger partial charge in [-0.15, -0.1) is 11.8 Å². The first kappa shape index (κ1) is 20.2. The number of halogens is 2. The molecule has 2 atom stereocenters. The van der Waals surface area contributed by atoms with Gasteiger partial charge >= 0.3 is 0 Å². The maximum atomic E-state index is 14.2. The first-order chi connectivity index (χ1) is 14.0. The van der Waals surface area contributed by atoms with Crippen LogP contribution in [0.3, 0.4) is 0 Å². The van der Waals surface area contributed by atoms with Crippen LogP contribution in [0, 0.1) is 11.6 Å². The van der Waals surface area contributed by atoms with Crippen LogP contribution in [0.5, 0.6) is 0 Å². The lowest BCUT2D eigenvalue weighted by atomic mass is 10.1. The molecule has 2 aliphatic rings. The molecule has 2 aliphatic heterocycles. The molecular formula is C23H27F2N3S. The molecule has 0 bridgehead atoms. The number of para-hydroxylation sites is 1. The summed E-state index contributed by atoms with van der Waals surface area (Å²) in [5.74, 6) is -0.158. The van der Waals surface area contributed by atoms with Gasteiger partial charge in [-0.3, -0.25) is 0 Å². The Bertz CT molecular complexity index is 891. The lowest BCUT2D eigenvalue weighted by Crippen LogP contribution is -2.54. The first-order valence-corrected chi connectivity index (χ1v) is 11.1. The fourth-order valence-electron chi connectivity index (χ4n) is 4.22. The summed E-state index contributed by atoms with van der Waals surface area (Å²) in [6.07, 6.45) is 2.23. The number of hydrogen-bond acceptors (Lipinski definition) is 4. The molecule has 4 rings (SSSR count). The Morgan fingerprint density at radius 1 is 1.00 bits per heavy atom. The predicted octanol–water partition coefficient (Wildman–Crippen LogP) is 4.75. The molecule has 0 spiro atoms.